The Balaban J connectivity index is 2.57. The molecule has 1 aromatic rings. The Bertz CT molecular complexity index is 371. The van der Waals surface area contributed by atoms with E-state index in [0.717, 1.165) is 11.3 Å². The molecule has 1 rings (SSSR count). The lowest BCUT2D eigenvalue weighted by molar-refractivity contribution is -0.136. The molecule has 0 heterocycles. The summed E-state index contributed by atoms with van der Waals surface area (Å²) in [6, 6.07) is 7.38. The minimum atomic E-state index is -0.781. The van der Waals surface area contributed by atoms with Crippen molar-refractivity contribution in [1.29, 1.82) is 0 Å². The van der Waals surface area contributed by atoms with E-state index in [1.165, 1.54) is 0 Å². The zero-order chi connectivity index (χ0) is 12.0. The first-order valence-electron chi connectivity index (χ1n) is 4.97. The largest absolute Gasteiger partial charge is 0.481 e. The van der Waals surface area contributed by atoms with Crippen LogP contribution in [-0.4, -0.2) is 30.2 Å². The lowest BCUT2D eigenvalue weighted by atomic mass is 10.1. The maximum absolute atomic E-state index is 10.4. The summed E-state index contributed by atoms with van der Waals surface area (Å²) in [6.45, 7) is 0. The summed E-state index contributed by atoms with van der Waals surface area (Å²) in [5.41, 5.74) is 1.75. The molecule has 0 aliphatic carbocycles. The lowest BCUT2D eigenvalue weighted by Crippen LogP contribution is -1.99. The Morgan fingerprint density at radius 2 is 1.94 bits per heavy atom. The fraction of sp³-hybridized carbons (Fsp3) is 0.364. The quantitative estimate of drug-likeness (QED) is 0.612. The maximum Gasteiger partial charge on any atom is 0.303 e. The molecular formula is C11H15N3O2. The molecule has 0 unspecified atom stereocenters. The fourth-order valence-electron chi connectivity index (χ4n) is 1.12. The smallest absolute Gasteiger partial charge is 0.303 e. The molecular weight excluding hydrogens is 206 g/mol. The van der Waals surface area contributed by atoms with Gasteiger partial charge in [-0.25, -0.2) is 0 Å². The molecule has 0 aliphatic heterocycles. The monoisotopic (exact) mass is 221 g/mol. The van der Waals surface area contributed by atoms with Gasteiger partial charge in [-0.2, -0.15) is 0 Å². The normalized spacial score (nSPS) is 10.6. The van der Waals surface area contributed by atoms with E-state index in [4.69, 9.17) is 5.11 Å². The van der Waals surface area contributed by atoms with Crippen LogP contribution in [-0.2, 0) is 11.2 Å². The highest BCUT2D eigenvalue weighted by atomic mass is 16.4. The van der Waals surface area contributed by atoms with Gasteiger partial charge >= 0.3 is 5.97 Å². The topological polar surface area (TPSA) is 65.3 Å². The van der Waals surface area contributed by atoms with Crippen molar-refractivity contribution in [3.8, 4) is 0 Å². The number of benzene rings is 1. The van der Waals surface area contributed by atoms with E-state index in [0.29, 0.717) is 6.42 Å². The van der Waals surface area contributed by atoms with Gasteiger partial charge in [-0.15, -0.1) is 5.11 Å². The predicted octanol–water partition coefficient (Wildman–Crippen LogP) is 2.26. The van der Waals surface area contributed by atoms with Gasteiger partial charge in [0.25, 0.3) is 0 Å². The first-order valence-corrected chi connectivity index (χ1v) is 4.97. The van der Waals surface area contributed by atoms with Crippen LogP contribution in [0.4, 0.5) is 5.69 Å². The first kappa shape index (κ1) is 12.2. The Labute approximate surface area is 94.4 Å². The molecule has 0 radical (unpaired) electrons. The summed E-state index contributed by atoms with van der Waals surface area (Å²) in [6.07, 6.45) is 0.693. The predicted molar refractivity (Wildman–Crippen MR) is 60.6 cm³/mol. The van der Waals surface area contributed by atoms with Crippen LogP contribution >= 0.6 is 0 Å². The third-order valence-electron chi connectivity index (χ3n) is 1.90. The second-order valence-corrected chi connectivity index (χ2v) is 3.60. The molecule has 0 amide bonds. The molecule has 0 aliphatic rings. The molecule has 5 heteroatoms. The van der Waals surface area contributed by atoms with E-state index in [2.05, 4.69) is 10.3 Å². The molecule has 0 saturated carbocycles. The average molecular weight is 221 g/mol. The van der Waals surface area contributed by atoms with Crippen LogP contribution in [0.3, 0.4) is 0 Å². The SMILES string of the molecule is CN(C)N=Nc1ccc(CCC(=O)O)cc1. The van der Waals surface area contributed by atoms with Crippen LogP contribution in [0.2, 0.25) is 0 Å². The summed E-state index contributed by atoms with van der Waals surface area (Å²) in [5.74, 6) is -0.781. The average Bonchev–Trinajstić information content (AvgIpc) is 2.25. The Morgan fingerprint density at radius 1 is 1.31 bits per heavy atom. The summed E-state index contributed by atoms with van der Waals surface area (Å²) in [5, 5.41) is 18.0. The first-order chi connectivity index (χ1) is 7.58. The molecule has 0 bridgehead atoms. The minimum Gasteiger partial charge on any atom is -0.481 e. The van der Waals surface area contributed by atoms with Crippen LogP contribution in [0.25, 0.3) is 0 Å². The molecule has 0 atom stereocenters. The molecule has 0 saturated heterocycles. The van der Waals surface area contributed by atoms with Gasteiger partial charge in [-0.05, 0) is 24.1 Å². The molecule has 1 N–H and O–H groups in total. The Morgan fingerprint density at radius 3 is 2.44 bits per heavy atom. The van der Waals surface area contributed by atoms with Gasteiger partial charge in [0.15, 0.2) is 0 Å². The second-order valence-electron chi connectivity index (χ2n) is 3.60. The zero-order valence-electron chi connectivity index (χ0n) is 9.42. The van der Waals surface area contributed by atoms with E-state index in [1.54, 1.807) is 19.1 Å². The van der Waals surface area contributed by atoms with Crippen LogP contribution in [0.15, 0.2) is 34.6 Å². The lowest BCUT2D eigenvalue weighted by Gasteiger charge is -2.01. The maximum atomic E-state index is 10.4. The third kappa shape index (κ3) is 4.54. The molecule has 0 fully saturated rings. The van der Waals surface area contributed by atoms with Crippen LogP contribution in [0.5, 0.6) is 0 Å². The van der Waals surface area contributed by atoms with Crippen molar-refractivity contribution in [1.82, 2.24) is 5.01 Å². The van der Waals surface area contributed by atoms with Crippen LogP contribution < -0.4 is 0 Å². The van der Waals surface area contributed by atoms with E-state index in [9.17, 15) is 4.79 Å². The molecule has 0 aromatic heterocycles. The van der Waals surface area contributed by atoms with Crippen LogP contribution in [0, 0.1) is 0 Å². The highest BCUT2D eigenvalue weighted by Gasteiger charge is 1.99. The molecule has 5 nitrogen and oxygen atoms in total. The number of carbonyl (C=O) groups is 1. The number of carboxylic acid groups (broad SMARTS) is 1. The zero-order valence-corrected chi connectivity index (χ0v) is 9.42. The summed E-state index contributed by atoms with van der Waals surface area (Å²) in [7, 11) is 3.59. The van der Waals surface area contributed by atoms with Crippen molar-refractivity contribution in [3.63, 3.8) is 0 Å². The van der Waals surface area contributed by atoms with Gasteiger partial charge in [0.2, 0.25) is 0 Å². The van der Waals surface area contributed by atoms with Gasteiger partial charge in [0.05, 0.1) is 5.69 Å². The molecule has 1 aromatic carbocycles. The Kier molecular flexibility index (Phi) is 4.44. The van der Waals surface area contributed by atoms with Crippen molar-refractivity contribution in [2.24, 2.45) is 10.3 Å². The highest BCUT2D eigenvalue weighted by Crippen LogP contribution is 2.14. The van der Waals surface area contributed by atoms with Crippen LogP contribution in [0.1, 0.15) is 12.0 Å². The van der Waals surface area contributed by atoms with E-state index in [1.807, 2.05) is 24.3 Å². The number of nitrogens with zero attached hydrogens (tertiary/aromatic N) is 3. The van der Waals surface area contributed by atoms with Gasteiger partial charge in [-0.3, -0.25) is 9.80 Å². The van der Waals surface area contributed by atoms with Crippen molar-refractivity contribution in [2.75, 3.05) is 14.1 Å². The van der Waals surface area contributed by atoms with Gasteiger partial charge in [0, 0.05) is 20.5 Å². The number of hydrogen-bond acceptors (Lipinski definition) is 3. The number of aliphatic carboxylic acids is 1. The number of aryl methyl sites for hydroxylation is 1. The second kappa shape index (κ2) is 5.85. The van der Waals surface area contributed by atoms with Gasteiger partial charge < -0.3 is 5.11 Å². The van der Waals surface area contributed by atoms with E-state index >= 15 is 0 Å². The van der Waals surface area contributed by atoms with Crippen molar-refractivity contribution >= 4 is 11.7 Å². The Hall–Kier alpha value is -1.91. The molecule has 16 heavy (non-hydrogen) atoms. The van der Waals surface area contributed by atoms with E-state index in [-0.39, 0.29) is 6.42 Å². The highest BCUT2D eigenvalue weighted by molar-refractivity contribution is 5.67. The van der Waals surface area contributed by atoms with E-state index < -0.39 is 5.97 Å². The van der Waals surface area contributed by atoms with Crippen molar-refractivity contribution < 1.29 is 9.90 Å². The summed E-state index contributed by atoms with van der Waals surface area (Å²) >= 11 is 0. The third-order valence-corrected chi connectivity index (χ3v) is 1.90. The summed E-state index contributed by atoms with van der Waals surface area (Å²) < 4.78 is 0. The van der Waals surface area contributed by atoms with Crippen molar-refractivity contribution in [3.05, 3.63) is 29.8 Å². The summed E-state index contributed by atoms with van der Waals surface area (Å²) in [4.78, 5) is 10.4. The fourth-order valence-corrected chi connectivity index (χ4v) is 1.12. The number of hydrogen-bond donors (Lipinski definition) is 1. The van der Waals surface area contributed by atoms with Crippen molar-refractivity contribution in [2.45, 2.75) is 12.8 Å². The number of rotatable bonds is 5. The number of carboxylic acids is 1. The van der Waals surface area contributed by atoms with Gasteiger partial charge in [0.1, 0.15) is 0 Å². The standard InChI is InChI=1S/C11H15N3O2/c1-14(2)13-12-10-6-3-9(4-7-10)5-8-11(15)16/h3-4,6-7H,5,8H2,1-2H3,(H,15,16). The molecule has 0 spiro atoms. The van der Waals surface area contributed by atoms with Gasteiger partial charge in [-0.1, -0.05) is 17.4 Å². The molecule has 86 valence electrons. The minimum absolute atomic E-state index is 0.151.